The second kappa shape index (κ2) is 9.99. The van der Waals surface area contributed by atoms with Crippen LogP contribution in [0, 0.1) is 0 Å². The minimum absolute atomic E-state index is 0.00713. The lowest BCUT2D eigenvalue weighted by molar-refractivity contribution is -0.140. The fourth-order valence-electron chi connectivity index (χ4n) is 3.55. The third-order valence-electron chi connectivity index (χ3n) is 5.09. The van der Waals surface area contributed by atoms with Crippen molar-refractivity contribution in [2.24, 2.45) is 0 Å². The molecule has 4 amide bonds. The fraction of sp³-hybridized carbons (Fsp3) is 0.304. The summed E-state index contributed by atoms with van der Waals surface area (Å²) in [7, 11) is 0. The number of imide groups is 1. The van der Waals surface area contributed by atoms with Gasteiger partial charge in [0, 0.05) is 18.3 Å². The van der Waals surface area contributed by atoms with Crippen LogP contribution >= 0.6 is 0 Å². The number of anilines is 2. The standard InChI is InChI=1S/C23H26N4O4/c1-3-26(15-21(29)25-19-11-9-18(10-12-19)24-16(2)28)20-13-22(30)27(23(20)31)14-17-7-5-4-6-8-17/h4-12,20H,3,13-15H2,1-2H3,(H,24,28)(H,25,29). The SMILES string of the molecule is CCN(CC(=O)Nc1ccc(NC(C)=O)cc1)C1CC(=O)N(Cc2ccccc2)C1=O. The van der Waals surface area contributed by atoms with Gasteiger partial charge in [0.1, 0.15) is 0 Å². The number of likely N-dealkylation sites (N-methyl/N-ethyl adjacent to an activating group) is 1. The summed E-state index contributed by atoms with van der Waals surface area (Å²) in [5.41, 5.74) is 2.09. The van der Waals surface area contributed by atoms with Gasteiger partial charge in [0.25, 0.3) is 0 Å². The molecule has 1 fully saturated rings. The van der Waals surface area contributed by atoms with E-state index in [-0.39, 0.29) is 43.1 Å². The van der Waals surface area contributed by atoms with Crippen LogP contribution in [0.15, 0.2) is 54.6 Å². The predicted octanol–water partition coefficient (Wildman–Crippen LogP) is 2.23. The predicted molar refractivity (Wildman–Crippen MR) is 117 cm³/mol. The maximum atomic E-state index is 12.9. The molecular formula is C23H26N4O4. The molecule has 1 unspecified atom stereocenters. The molecule has 0 aliphatic carbocycles. The van der Waals surface area contributed by atoms with E-state index in [4.69, 9.17) is 0 Å². The molecule has 0 bridgehead atoms. The number of benzene rings is 2. The first-order valence-corrected chi connectivity index (χ1v) is 10.2. The van der Waals surface area contributed by atoms with E-state index in [9.17, 15) is 19.2 Å². The van der Waals surface area contributed by atoms with Crippen molar-refractivity contribution in [2.45, 2.75) is 32.9 Å². The Labute approximate surface area is 181 Å². The van der Waals surface area contributed by atoms with Gasteiger partial charge in [-0.1, -0.05) is 37.3 Å². The first kappa shape index (κ1) is 22.2. The Kier molecular flexibility index (Phi) is 7.15. The van der Waals surface area contributed by atoms with E-state index < -0.39 is 6.04 Å². The van der Waals surface area contributed by atoms with Crippen molar-refractivity contribution in [1.29, 1.82) is 0 Å². The summed E-state index contributed by atoms with van der Waals surface area (Å²) < 4.78 is 0. The van der Waals surface area contributed by atoms with Gasteiger partial charge < -0.3 is 10.6 Å². The summed E-state index contributed by atoms with van der Waals surface area (Å²) in [5.74, 6) is -0.960. The number of amides is 4. The highest BCUT2D eigenvalue weighted by Gasteiger charge is 2.41. The van der Waals surface area contributed by atoms with E-state index in [1.807, 2.05) is 37.3 Å². The van der Waals surface area contributed by atoms with Gasteiger partial charge in [-0.05, 0) is 36.4 Å². The average molecular weight is 422 g/mol. The third kappa shape index (κ3) is 5.76. The molecule has 8 heteroatoms. The van der Waals surface area contributed by atoms with Gasteiger partial charge in [0.15, 0.2) is 0 Å². The molecule has 1 atom stereocenters. The molecular weight excluding hydrogens is 396 g/mol. The largest absolute Gasteiger partial charge is 0.326 e. The van der Waals surface area contributed by atoms with Crippen molar-refractivity contribution in [3.05, 3.63) is 60.2 Å². The van der Waals surface area contributed by atoms with Gasteiger partial charge in [0.2, 0.25) is 23.6 Å². The minimum Gasteiger partial charge on any atom is -0.326 e. The summed E-state index contributed by atoms with van der Waals surface area (Å²) in [6.07, 6.45) is 0.0677. The van der Waals surface area contributed by atoms with Gasteiger partial charge in [-0.25, -0.2) is 0 Å². The molecule has 1 aliphatic heterocycles. The van der Waals surface area contributed by atoms with Crippen molar-refractivity contribution in [2.75, 3.05) is 23.7 Å². The minimum atomic E-state index is -0.644. The third-order valence-corrected chi connectivity index (χ3v) is 5.09. The highest BCUT2D eigenvalue weighted by Crippen LogP contribution is 2.21. The van der Waals surface area contributed by atoms with Crippen molar-refractivity contribution in [3.63, 3.8) is 0 Å². The maximum Gasteiger partial charge on any atom is 0.247 e. The zero-order chi connectivity index (χ0) is 22.4. The van der Waals surface area contributed by atoms with E-state index in [2.05, 4.69) is 10.6 Å². The van der Waals surface area contributed by atoms with Crippen LogP contribution in [0.2, 0.25) is 0 Å². The summed E-state index contributed by atoms with van der Waals surface area (Å²) >= 11 is 0. The normalized spacial score (nSPS) is 16.0. The molecule has 3 rings (SSSR count). The molecule has 31 heavy (non-hydrogen) atoms. The molecule has 1 heterocycles. The lowest BCUT2D eigenvalue weighted by Crippen LogP contribution is -2.45. The Hall–Kier alpha value is -3.52. The average Bonchev–Trinajstić information content (AvgIpc) is 3.02. The molecule has 2 N–H and O–H groups in total. The number of hydrogen-bond donors (Lipinski definition) is 2. The van der Waals surface area contributed by atoms with Crippen LogP contribution in [0.25, 0.3) is 0 Å². The Morgan fingerprint density at radius 2 is 1.61 bits per heavy atom. The molecule has 8 nitrogen and oxygen atoms in total. The number of carbonyl (C=O) groups is 4. The number of nitrogens with zero attached hydrogens (tertiary/aromatic N) is 2. The van der Waals surface area contributed by atoms with Crippen molar-refractivity contribution in [1.82, 2.24) is 9.80 Å². The number of hydrogen-bond acceptors (Lipinski definition) is 5. The lowest BCUT2D eigenvalue weighted by Gasteiger charge is -2.25. The summed E-state index contributed by atoms with van der Waals surface area (Å²) in [5, 5.41) is 5.44. The zero-order valence-corrected chi connectivity index (χ0v) is 17.6. The summed E-state index contributed by atoms with van der Waals surface area (Å²) in [4.78, 5) is 51.9. The number of likely N-dealkylation sites (tertiary alicyclic amines) is 1. The molecule has 1 saturated heterocycles. The van der Waals surface area contributed by atoms with Gasteiger partial charge >= 0.3 is 0 Å². The fourth-order valence-corrected chi connectivity index (χ4v) is 3.55. The van der Waals surface area contributed by atoms with E-state index in [0.29, 0.717) is 17.9 Å². The molecule has 1 aliphatic rings. The van der Waals surface area contributed by atoms with Crippen LogP contribution in [0.3, 0.4) is 0 Å². The van der Waals surface area contributed by atoms with Crippen LogP contribution in [0.1, 0.15) is 25.8 Å². The first-order chi connectivity index (χ1) is 14.9. The Morgan fingerprint density at radius 3 is 2.19 bits per heavy atom. The van der Waals surface area contributed by atoms with Gasteiger partial charge in [-0.2, -0.15) is 0 Å². The molecule has 162 valence electrons. The molecule has 2 aromatic carbocycles. The Balaban J connectivity index is 1.60. The summed E-state index contributed by atoms with van der Waals surface area (Å²) in [6.45, 7) is 3.96. The number of nitrogens with one attached hydrogen (secondary N) is 2. The topological polar surface area (TPSA) is 98.8 Å². The van der Waals surface area contributed by atoms with Crippen LogP contribution in [0.5, 0.6) is 0 Å². The second-order valence-corrected chi connectivity index (χ2v) is 7.39. The molecule has 0 radical (unpaired) electrons. The second-order valence-electron chi connectivity index (χ2n) is 7.39. The molecule has 0 aromatic heterocycles. The Morgan fingerprint density at radius 1 is 1.00 bits per heavy atom. The number of rotatable bonds is 8. The van der Waals surface area contributed by atoms with Crippen LogP contribution < -0.4 is 10.6 Å². The van der Waals surface area contributed by atoms with Crippen molar-refractivity contribution < 1.29 is 19.2 Å². The van der Waals surface area contributed by atoms with Gasteiger partial charge in [-0.3, -0.25) is 29.0 Å². The van der Waals surface area contributed by atoms with Gasteiger partial charge in [-0.15, -0.1) is 0 Å². The van der Waals surface area contributed by atoms with Crippen molar-refractivity contribution >= 4 is 35.0 Å². The van der Waals surface area contributed by atoms with Gasteiger partial charge in [0.05, 0.1) is 25.6 Å². The van der Waals surface area contributed by atoms with Crippen molar-refractivity contribution in [3.8, 4) is 0 Å². The molecule has 0 spiro atoms. The first-order valence-electron chi connectivity index (χ1n) is 10.2. The van der Waals surface area contributed by atoms with E-state index in [0.717, 1.165) is 5.56 Å². The van der Waals surface area contributed by atoms with E-state index in [1.165, 1.54) is 11.8 Å². The quantitative estimate of drug-likeness (QED) is 0.636. The molecule has 2 aromatic rings. The lowest BCUT2D eigenvalue weighted by atomic mass is 10.2. The van der Waals surface area contributed by atoms with Crippen LogP contribution in [-0.4, -0.2) is 52.6 Å². The van der Waals surface area contributed by atoms with Crippen LogP contribution in [-0.2, 0) is 25.7 Å². The highest BCUT2D eigenvalue weighted by atomic mass is 16.2. The smallest absolute Gasteiger partial charge is 0.247 e. The number of carbonyl (C=O) groups excluding carboxylic acids is 4. The Bertz CT molecular complexity index is 959. The monoisotopic (exact) mass is 422 g/mol. The molecule has 0 saturated carbocycles. The zero-order valence-electron chi connectivity index (χ0n) is 17.6. The summed E-state index contributed by atoms with van der Waals surface area (Å²) in [6, 6.07) is 15.5. The van der Waals surface area contributed by atoms with Crippen LogP contribution in [0.4, 0.5) is 11.4 Å². The van der Waals surface area contributed by atoms with E-state index in [1.54, 1.807) is 29.2 Å². The maximum absolute atomic E-state index is 12.9. The van der Waals surface area contributed by atoms with E-state index >= 15 is 0 Å². The highest BCUT2D eigenvalue weighted by molar-refractivity contribution is 6.05.